The Hall–Kier alpha value is -2.83. The fourth-order valence-electron chi connectivity index (χ4n) is 3.42. The summed E-state index contributed by atoms with van der Waals surface area (Å²) in [5.41, 5.74) is 1.59. The minimum Gasteiger partial charge on any atom is -0.317 e. The molecule has 8 heteroatoms. The second kappa shape index (κ2) is 7.54. The van der Waals surface area contributed by atoms with Crippen molar-refractivity contribution in [3.63, 3.8) is 0 Å². The highest BCUT2D eigenvalue weighted by Gasteiger charge is 2.20. The number of hydrogen-bond donors (Lipinski definition) is 0. The fourth-order valence-corrected chi connectivity index (χ4v) is 3.93. The van der Waals surface area contributed by atoms with Gasteiger partial charge >= 0.3 is 5.69 Å². The Balaban J connectivity index is 2.00. The minimum absolute atomic E-state index is 0.268. The number of hydrogen-bond acceptors (Lipinski definition) is 3. The smallest absolute Gasteiger partial charge is 0.317 e. The fraction of sp³-hybridized carbons (Fsp3) is 0.190. The molecule has 0 saturated carbocycles. The number of halogens is 2. The topological polar surface area (TPSA) is 61.8 Å². The van der Waals surface area contributed by atoms with Crippen molar-refractivity contribution in [1.29, 1.82) is 0 Å². The lowest BCUT2D eigenvalue weighted by Gasteiger charge is -2.12. The lowest BCUT2D eigenvalue weighted by atomic mass is 10.1. The van der Waals surface area contributed by atoms with Crippen molar-refractivity contribution < 1.29 is 0 Å². The summed E-state index contributed by atoms with van der Waals surface area (Å²) in [4.78, 5) is 30.0. The monoisotopic (exact) mass is 428 g/mol. The molecule has 0 bridgehead atoms. The molecule has 0 saturated heterocycles. The molecule has 0 atom stereocenters. The maximum Gasteiger partial charge on any atom is 0.332 e. The Morgan fingerprint density at radius 3 is 2.21 bits per heavy atom. The van der Waals surface area contributed by atoms with E-state index >= 15 is 0 Å². The predicted molar refractivity (Wildman–Crippen MR) is 115 cm³/mol. The van der Waals surface area contributed by atoms with Crippen LogP contribution >= 0.6 is 23.2 Å². The van der Waals surface area contributed by atoms with Crippen LogP contribution in [0.1, 0.15) is 17.0 Å². The molecule has 4 rings (SSSR count). The van der Waals surface area contributed by atoms with Crippen LogP contribution in [0.5, 0.6) is 0 Å². The summed E-state index contributed by atoms with van der Waals surface area (Å²) in [7, 11) is 3.07. The van der Waals surface area contributed by atoms with Crippen molar-refractivity contribution in [2.24, 2.45) is 14.1 Å². The number of aryl methyl sites for hydroxylation is 1. The van der Waals surface area contributed by atoms with Crippen LogP contribution in [0.4, 0.5) is 0 Å². The molecule has 0 fully saturated rings. The van der Waals surface area contributed by atoms with Gasteiger partial charge in [-0.25, -0.2) is 9.78 Å². The Labute approximate surface area is 176 Å². The van der Waals surface area contributed by atoms with Crippen LogP contribution in [0.2, 0.25) is 10.0 Å². The third kappa shape index (κ3) is 3.39. The average molecular weight is 429 g/mol. The number of benzene rings is 2. The molecule has 4 aromatic rings. The molecule has 0 aliphatic heterocycles. The summed E-state index contributed by atoms with van der Waals surface area (Å²) >= 11 is 12.8. The molecule has 29 heavy (non-hydrogen) atoms. The van der Waals surface area contributed by atoms with Crippen molar-refractivity contribution in [3.05, 3.63) is 96.4 Å². The molecule has 0 spiro atoms. The predicted octanol–water partition coefficient (Wildman–Crippen LogP) is 3.38. The van der Waals surface area contributed by atoms with Crippen molar-refractivity contribution >= 4 is 34.4 Å². The van der Waals surface area contributed by atoms with E-state index in [1.54, 1.807) is 29.8 Å². The van der Waals surface area contributed by atoms with E-state index in [9.17, 15) is 9.59 Å². The Morgan fingerprint density at radius 2 is 1.55 bits per heavy atom. The van der Waals surface area contributed by atoms with E-state index < -0.39 is 11.2 Å². The molecule has 2 aromatic carbocycles. The highest BCUT2D eigenvalue weighted by molar-refractivity contribution is 6.36. The van der Waals surface area contributed by atoms with Crippen LogP contribution in [0.15, 0.2) is 58.1 Å². The minimum atomic E-state index is -0.422. The van der Waals surface area contributed by atoms with Crippen LogP contribution in [-0.2, 0) is 27.1 Å². The molecule has 0 aliphatic rings. The van der Waals surface area contributed by atoms with Crippen molar-refractivity contribution in [3.8, 4) is 0 Å². The normalized spacial score (nSPS) is 11.3. The molecule has 2 heterocycles. The second-order valence-corrected chi connectivity index (χ2v) is 7.67. The third-order valence-electron chi connectivity index (χ3n) is 5.01. The largest absolute Gasteiger partial charge is 0.332 e. The van der Waals surface area contributed by atoms with E-state index in [0.29, 0.717) is 39.0 Å². The van der Waals surface area contributed by atoms with Gasteiger partial charge in [-0.05, 0) is 17.7 Å². The van der Waals surface area contributed by atoms with Gasteiger partial charge in [0.1, 0.15) is 5.82 Å². The van der Waals surface area contributed by atoms with Crippen LogP contribution in [0, 0.1) is 0 Å². The first-order valence-electron chi connectivity index (χ1n) is 9.00. The summed E-state index contributed by atoms with van der Waals surface area (Å²) in [6.07, 6.45) is 0.495. The zero-order valence-corrected chi connectivity index (χ0v) is 17.4. The summed E-state index contributed by atoms with van der Waals surface area (Å²) in [6, 6.07) is 15.1. The second-order valence-electron chi connectivity index (χ2n) is 6.85. The van der Waals surface area contributed by atoms with Gasteiger partial charge in [0.2, 0.25) is 0 Å². The van der Waals surface area contributed by atoms with E-state index in [-0.39, 0.29) is 6.54 Å². The van der Waals surface area contributed by atoms with Gasteiger partial charge in [0, 0.05) is 36.1 Å². The standard InChI is InChI=1S/C21H18Cl2N4O2/c1-25-19-18(20(28)26(2)21(25)29)27(12-14-15(22)9-6-10-16(14)23)17(24-19)11-13-7-4-3-5-8-13/h3-10H,11-12H2,1-2H3. The Morgan fingerprint density at radius 1 is 0.897 bits per heavy atom. The van der Waals surface area contributed by atoms with Gasteiger partial charge in [0.15, 0.2) is 11.2 Å². The number of aromatic nitrogens is 4. The summed E-state index contributed by atoms with van der Waals surface area (Å²) in [6.45, 7) is 0.268. The summed E-state index contributed by atoms with van der Waals surface area (Å²) < 4.78 is 4.27. The number of fused-ring (bicyclic) bond motifs is 1. The van der Waals surface area contributed by atoms with Gasteiger partial charge in [-0.2, -0.15) is 0 Å². The molecular formula is C21H18Cl2N4O2. The van der Waals surface area contributed by atoms with Gasteiger partial charge in [-0.15, -0.1) is 0 Å². The van der Waals surface area contributed by atoms with Crippen LogP contribution in [0.3, 0.4) is 0 Å². The van der Waals surface area contributed by atoms with E-state index in [4.69, 9.17) is 23.2 Å². The van der Waals surface area contributed by atoms with E-state index in [2.05, 4.69) is 4.98 Å². The van der Waals surface area contributed by atoms with Crippen molar-refractivity contribution in [1.82, 2.24) is 18.7 Å². The molecule has 148 valence electrons. The van der Waals surface area contributed by atoms with Crippen LogP contribution < -0.4 is 11.2 Å². The highest BCUT2D eigenvalue weighted by atomic mass is 35.5. The molecule has 0 amide bonds. The van der Waals surface area contributed by atoms with Crippen molar-refractivity contribution in [2.75, 3.05) is 0 Å². The van der Waals surface area contributed by atoms with E-state index in [1.807, 2.05) is 30.3 Å². The van der Waals surface area contributed by atoms with Gasteiger partial charge in [0.05, 0.1) is 6.54 Å². The third-order valence-corrected chi connectivity index (χ3v) is 5.72. The Bertz CT molecular complexity index is 1320. The number of nitrogens with zero attached hydrogens (tertiary/aromatic N) is 4. The lowest BCUT2D eigenvalue weighted by molar-refractivity contribution is 0.700. The molecule has 0 radical (unpaired) electrons. The molecule has 0 N–H and O–H groups in total. The molecular weight excluding hydrogens is 411 g/mol. The maximum atomic E-state index is 13.0. The average Bonchev–Trinajstić information content (AvgIpc) is 3.06. The first-order chi connectivity index (χ1) is 13.9. The first-order valence-corrected chi connectivity index (χ1v) is 9.76. The summed E-state index contributed by atoms with van der Waals surface area (Å²) in [5.74, 6) is 0.653. The quantitative estimate of drug-likeness (QED) is 0.500. The SMILES string of the molecule is Cn1c(=O)c2c(nc(Cc3ccccc3)n2Cc2c(Cl)cccc2Cl)n(C)c1=O. The molecule has 0 aliphatic carbocycles. The lowest BCUT2D eigenvalue weighted by Crippen LogP contribution is -2.37. The van der Waals surface area contributed by atoms with Gasteiger partial charge in [-0.1, -0.05) is 59.6 Å². The zero-order valence-electron chi connectivity index (χ0n) is 15.9. The highest BCUT2D eigenvalue weighted by Crippen LogP contribution is 2.27. The van der Waals surface area contributed by atoms with E-state index in [1.165, 1.54) is 11.6 Å². The van der Waals surface area contributed by atoms with Gasteiger partial charge in [-0.3, -0.25) is 13.9 Å². The molecule has 0 unspecified atom stereocenters. The zero-order chi connectivity index (χ0) is 20.7. The van der Waals surface area contributed by atoms with E-state index in [0.717, 1.165) is 10.1 Å². The van der Waals surface area contributed by atoms with Gasteiger partial charge < -0.3 is 4.57 Å². The van der Waals surface area contributed by atoms with Crippen LogP contribution in [-0.4, -0.2) is 18.7 Å². The molecule has 2 aromatic heterocycles. The number of rotatable bonds is 4. The number of imidazole rings is 1. The van der Waals surface area contributed by atoms with Crippen molar-refractivity contribution in [2.45, 2.75) is 13.0 Å². The molecule has 6 nitrogen and oxygen atoms in total. The maximum absolute atomic E-state index is 13.0. The van der Waals surface area contributed by atoms with Gasteiger partial charge in [0.25, 0.3) is 5.56 Å². The first kappa shape index (κ1) is 19.5. The van der Waals surface area contributed by atoms with Crippen LogP contribution in [0.25, 0.3) is 11.2 Å². The Kier molecular flexibility index (Phi) is 5.06. The summed E-state index contributed by atoms with van der Waals surface area (Å²) in [5, 5.41) is 1.01.